The Bertz CT molecular complexity index is 1410. The van der Waals surface area contributed by atoms with Crippen LogP contribution in [-0.4, -0.2) is 46.3 Å². The molecule has 6 N–H and O–H groups in total. The van der Waals surface area contributed by atoms with Crippen LogP contribution in [0.4, 0.5) is 0 Å². The molecule has 323 valence electrons. The van der Waals surface area contributed by atoms with E-state index in [1.54, 1.807) is 0 Å². The Balaban J connectivity index is 0. The number of esters is 2. The molecule has 0 spiro atoms. The summed E-state index contributed by atoms with van der Waals surface area (Å²) in [6, 6.07) is 20.4. The summed E-state index contributed by atoms with van der Waals surface area (Å²) in [5.41, 5.74) is 12.7. The number of carboxylic acid groups (broad SMARTS) is 2. The SMILES string of the molecule is C.C=CC[C@@H]1C[C@H]1OC(=O)C[C@H](C(=O)O)C(C)(C)C.CC[C@@H]1C[C@H]1OC(=O)C[C@H](C(=O)O)C(C)(C)C.C[C@H](N)c1ccccc1.C[C@H](N)c1ccccc1.[I][V][I]. The van der Waals surface area contributed by atoms with Crippen molar-refractivity contribution >= 4 is 63.8 Å². The van der Waals surface area contributed by atoms with Gasteiger partial charge in [-0.05, 0) is 67.4 Å². The summed E-state index contributed by atoms with van der Waals surface area (Å²) in [6.07, 6.45) is 5.36. The normalized spacial score (nSPS) is 19.5. The summed E-state index contributed by atoms with van der Waals surface area (Å²) in [5.74, 6) is -3.20. The molecule has 0 heterocycles. The molecule has 8 atom stereocenters. The zero-order chi connectivity index (χ0) is 43.2. The quantitative estimate of drug-likeness (QED) is 0.0857. The van der Waals surface area contributed by atoms with Gasteiger partial charge in [0.05, 0.1) is 24.7 Å². The van der Waals surface area contributed by atoms with Gasteiger partial charge in [-0.25, -0.2) is 0 Å². The minimum absolute atomic E-state index is 0. The van der Waals surface area contributed by atoms with Crippen LogP contribution in [0.5, 0.6) is 0 Å². The van der Waals surface area contributed by atoms with Gasteiger partial charge >= 0.3 is 73.3 Å². The molecule has 2 saturated carbocycles. The molecule has 10 nitrogen and oxygen atoms in total. The van der Waals surface area contributed by atoms with Crippen LogP contribution in [0, 0.1) is 34.5 Å². The molecule has 0 bridgehead atoms. The van der Waals surface area contributed by atoms with Crippen LogP contribution >= 0.6 is 40.0 Å². The van der Waals surface area contributed by atoms with E-state index in [9.17, 15) is 19.2 Å². The van der Waals surface area contributed by atoms with E-state index < -0.39 is 40.6 Å². The van der Waals surface area contributed by atoms with E-state index in [2.05, 4.69) is 53.5 Å². The Hall–Kier alpha value is -1.98. The summed E-state index contributed by atoms with van der Waals surface area (Å²) >= 11 is 4.74. The van der Waals surface area contributed by atoms with Gasteiger partial charge in [-0.3, -0.25) is 19.2 Å². The fraction of sp³-hybridized carbons (Fsp3) is 0.591. The van der Waals surface area contributed by atoms with Crippen molar-refractivity contribution in [3.8, 4) is 0 Å². The first kappa shape index (κ1) is 57.1. The van der Waals surface area contributed by atoms with E-state index in [0.717, 1.165) is 25.7 Å². The number of nitrogens with two attached hydrogens (primary N) is 2. The van der Waals surface area contributed by atoms with E-state index >= 15 is 0 Å². The molecule has 0 radical (unpaired) electrons. The number of halogens is 2. The molecule has 2 aromatic rings. The van der Waals surface area contributed by atoms with Crippen molar-refractivity contribution in [1.82, 2.24) is 0 Å². The fourth-order valence-electron chi connectivity index (χ4n) is 5.43. The fourth-order valence-corrected chi connectivity index (χ4v) is 5.43. The van der Waals surface area contributed by atoms with E-state index in [1.807, 2.05) is 122 Å². The standard InChI is InChI=1S/C14H22O4.C13H22O4.2C8H11N.CH4.2HI.V/c1-5-6-9-7-11(9)18-12(15)8-10(13(16)17)14(2,3)4;1-5-8-6-10(8)17-11(14)7-9(12(15)16)13(2,3)4;2*1-7(9)8-5-3-2-4-6-8;;;;/h5,9-11H,1,6-8H2,2-4H3,(H,16,17);8-10H,5-7H2,1-4H3,(H,15,16);2*2-7H,9H2,1H3;1H4;2*1H;/q;;;;;;;+2/p-2/t9-,10-,11-;8-,9-,10-;2*7-;;;;/m1100..../s1. The van der Waals surface area contributed by atoms with Crippen LogP contribution in [-0.2, 0) is 38.1 Å². The van der Waals surface area contributed by atoms with Gasteiger partial charge in [-0.15, -0.1) is 6.58 Å². The Morgan fingerprint density at radius 3 is 1.30 bits per heavy atom. The predicted molar refractivity (Wildman–Crippen MR) is 244 cm³/mol. The molecule has 13 heteroatoms. The second-order valence-electron chi connectivity index (χ2n) is 16.4. The Labute approximate surface area is 372 Å². The van der Waals surface area contributed by atoms with Gasteiger partial charge in [-0.2, -0.15) is 0 Å². The number of benzene rings is 2. The monoisotopic (exact) mass is 1060 g/mol. The zero-order valence-electron chi connectivity index (χ0n) is 34.6. The van der Waals surface area contributed by atoms with E-state index in [0.29, 0.717) is 21.3 Å². The van der Waals surface area contributed by atoms with E-state index in [1.165, 1.54) is 11.1 Å². The van der Waals surface area contributed by atoms with Gasteiger partial charge < -0.3 is 31.2 Å². The van der Waals surface area contributed by atoms with Crippen LogP contribution in [0.3, 0.4) is 0 Å². The van der Waals surface area contributed by atoms with Gasteiger partial charge in [0.15, 0.2) is 0 Å². The van der Waals surface area contributed by atoms with E-state index in [-0.39, 0.29) is 50.5 Å². The number of carbonyl (C=O) groups excluding carboxylic acids is 2. The molecule has 0 saturated heterocycles. The molecular formula is C44H70I2N2O8V. The first-order chi connectivity index (χ1) is 26.0. The van der Waals surface area contributed by atoms with Crippen molar-refractivity contribution in [2.24, 2.45) is 46.0 Å². The van der Waals surface area contributed by atoms with Crippen molar-refractivity contribution in [2.45, 2.75) is 133 Å². The van der Waals surface area contributed by atoms with Crippen LogP contribution < -0.4 is 11.5 Å². The van der Waals surface area contributed by atoms with Crippen molar-refractivity contribution in [3.05, 3.63) is 84.4 Å². The maximum atomic E-state index is 11.7. The number of rotatable bonds is 13. The second-order valence-corrected chi connectivity index (χ2v) is 28.2. The molecular weight excluding hydrogens is 989 g/mol. The summed E-state index contributed by atoms with van der Waals surface area (Å²) in [5, 5.41) is 18.2. The zero-order valence-corrected chi connectivity index (χ0v) is 40.3. The van der Waals surface area contributed by atoms with Crippen LogP contribution in [0.1, 0.15) is 131 Å². The van der Waals surface area contributed by atoms with E-state index in [4.69, 9.17) is 31.2 Å². The summed E-state index contributed by atoms with van der Waals surface area (Å²) in [4.78, 5) is 45.5. The number of allylic oxidation sites excluding steroid dienone is 1. The van der Waals surface area contributed by atoms with Crippen molar-refractivity contribution in [1.29, 1.82) is 0 Å². The number of aliphatic carboxylic acids is 2. The molecule has 0 aromatic heterocycles. The van der Waals surface area contributed by atoms with Gasteiger partial charge in [-0.1, -0.05) is 123 Å². The van der Waals surface area contributed by atoms with Crippen LogP contribution in [0.15, 0.2) is 73.3 Å². The average molecular weight is 1060 g/mol. The molecule has 57 heavy (non-hydrogen) atoms. The summed E-state index contributed by atoms with van der Waals surface area (Å²) < 4.78 is 10.5. The number of hydrogen-bond acceptors (Lipinski definition) is 8. The molecule has 0 unspecified atom stereocenters. The first-order valence-corrected chi connectivity index (χ1v) is 28.0. The molecule has 4 rings (SSSR count). The van der Waals surface area contributed by atoms with Gasteiger partial charge in [0, 0.05) is 18.0 Å². The number of ether oxygens (including phenoxy) is 2. The molecule has 0 aliphatic heterocycles. The van der Waals surface area contributed by atoms with Crippen LogP contribution in [0.2, 0.25) is 0 Å². The first-order valence-electron chi connectivity index (χ1n) is 19.0. The van der Waals surface area contributed by atoms with Crippen molar-refractivity contribution < 1.29 is 48.3 Å². The molecule has 2 fully saturated rings. The van der Waals surface area contributed by atoms with Crippen molar-refractivity contribution in [3.63, 3.8) is 0 Å². The number of carbonyl (C=O) groups is 4. The predicted octanol–water partition coefficient (Wildman–Crippen LogP) is 10.9. The number of carboxylic acids is 2. The molecule has 2 aliphatic rings. The third-order valence-corrected chi connectivity index (χ3v) is 9.35. The Morgan fingerprint density at radius 1 is 0.754 bits per heavy atom. The molecule has 0 amide bonds. The Kier molecular flexibility index (Phi) is 29.3. The molecule has 2 aliphatic carbocycles. The topological polar surface area (TPSA) is 179 Å². The average Bonchev–Trinajstić information content (AvgIpc) is 4.04. The third-order valence-electron chi connectivity index (χ3n) is 9.35. The van der Waals surface area contributed by atoms with Crippen molar-refractivity contribution in [2.75, 3.05) is 0 Å². The second kappa shape index (κ2) is 29.3. The van der Waals surface area contributed by atoms with Gasteiger partial charge in [0.2, 0.25) is 0 Å². The molecule has 2 aromatic carbocycles. The maximum absolute atomic E-state index is 11.7. The minimum atomic E-state index is -0.946. The van der Waals surface area contributed by atoms with Gasteiger partial charge in [0.1, 0.15) is 12.2 Å². The summed E-state index contributed by atoms with van der Waals surface area (Å²) in [6.45, 7) is 20.6. The third kappa shape index (κ3) is 26.0. The van der Waals surface area contributed by atoms with Gasteiger partial charge in [0.25, 0.3) is 0 Å². The summed E-state index contributed by atoms with van der Waals surface area (Å²) in [7, 11) is 0.628. The number of hydrogen-bond donors (Lipinski definition) is 4. The van der Waals surface area contributed by atoms with Crippen LogP contribution in [0.25, 0.3) is 0 Å². The Morgan fingerprint density at radius 2 is 1.07 bits per heavy atom.